The molecule has 9 N–H and O–H groups in total. The van der Waals surface area contributed by atoms with Gasteiger partial charge in [0.15, 0.2) is 0 Å². The minimum absolute atomic E-state index is 0.0270. The quantitative estimate of drug-likeness (QED) is 0.00473. The number of carboxylic acids is 1. The molecule has 0 spiro atoms. The van der Waals surface area contributed by atoms with Gasteiger partial charge in [0.25, 0.3) is 11.8 Å². The van der Waals surface area contributed by atoms with Gasteiger partial charge in [-0.15, -0.1) is 0 Å². The van der Waals surface area contributed by atoms with Crippen molar-refractivity contribution >= 4 is 123 Å². The number of ether oxygens (including phenoxy) is 7. The summed E-state index contributed by atoms with van der Waals surface area (Å²) in [6.45, 7) is 32.2. The number of nitrogens with one attached hydrogen (secondary N) is 4. The van der Waals surface area contributed by atoms with E-state index >= 15 is 0 Å². The lowest BCUT2D eigenvalue weighted by molar-refractivity contribution is -0.144. The second-order valence-electron chi connectivity index (χ2n) is 35.0. The molecule has 2 saturated heterocycles. The van der Waals surface area contributed by atoms with E-state index in [1.165, 1.54) is 29.4 Å². The lowest BCUT2D eigenvalue weighted by atomic mass is 10.0. The van der Waals surface area contributed by atoms with E-state index in [9.17, 15) is 76.7 Å². The molecule has 4 aliphatic rings. The van der Waals surface area contributed by atoms with E-state index < -0.39 is 76.6 Å². The summed E-state index contributed by atoms with van der Waals surface area (Å²) < 4.78 is 35.5. The third kappa shape index (κ3) is 58.2. The Morgan fingerprint density at radius 3 is 1.04 bits per heavy atom. The van der Waals surface area contributed by atoms with Crippen LogP contribution in [0.25, 0.3) is 52.2 Å². The molecule has 0 radical (unpaired) electrons. The Kier molecular flexibility index (Phi) is 64.2. The number of unbranched alkanes of at least 4 members (excludes halogenated alkanes) is 3. The maximum Gasteiger partial charge on any atom is 0.410 e. The average molecular weight is 2050 g/mol. The number of halogens is 1. The fraction of sp³-hybridized carbons (Fsp3) is 0.685. The van der Waals surface area contributed by atoms with Crippen molar-refractivity contribution in [2.75, 3.05) is 134 Å². The van der Waals surface area contributed by atoms with E-state index in [-0.39, 0.29) is 177 Å². The van der Waals surface area contributed by atoms with Gasteiger partial charge in [0.05, 0.1) is 19.8 Å². The van der Waals surface area contributed by atoms with Crippen molar-refractivity contribution in [1.29, 1.82) is 0 Å². The van der Waals surface area contributed by atoms with Gasteiger partial charge in [0, 0.05) is 220 Å². The number of imide groups is 2. The third-order valence-electron chi connectivity index (χ3n) is 18.8. The normalized spacial score (nSPS) is 13.6. The molecule has 0 aromatic heterocycles. The number of alkyl halides is 1. The predicted octanol–water partition coefficient (Wildman–Crippen LogP) is 14.1. The van der Waals surface area contributed by atoms with Crippen molar-refractivity contribution in [2.24, 2.45) is 37.0 Å². The molecule has 2 atom stereocenters. The third-order valence-corrected chi connectivity index (χ3v) is 19.3. The van der Waals surface area contributed by atoms with E-state index in [0.29, 0.717) is 131 Å². The van der Waals surface area contributed by atoms with Crippen molar-refractivity contribution in [2.45, 2.75) is 273 Å². The highest BCUT2D eigenvalue weighted by Crippen LogP contribution is 2.35. The summed E-state index contributed by atoms with van der Waals surface area (Å²) >= 11 is 3.22. The number of rotatable bonds is 46. The number of carboxylic acid groups (broad SMARTS) is 1. The summed E-state index contributed by atoms with van der Waals surface area (Å²) in [6.07, 6.45) is 6.38. The molecule has 2 fully saturated rings. The highest BCUT2D eigenvalue weighted by atomic mass is 79.9. The van der Waals surface area contributed by atoms with Crippen molar-refractivity contribution in [3.63, 3.8) is 0 Å². The summed E-state index contributed by atoms with van der Waals surface area (Å²) in [5.41, 5.74) is 51.6. The summed E-state index contributed by atoms with van der Waals surface area (Å²) in [5, 5.41) is 36.4. The zero-order valence-electron chi connectivity index (χ0n) is 83.7. The molecule has 141 heavy (non-hydrogen) atoms. The molecule has 2 aromatic rings. The Balaban J connectivity index is 0.00000173. The van der Waals surface area contributed by atoms with Gasteiger partial charge in [0.1, 0.15) is 34.5 Å². The zero-order chi connectivity index (χ0) is 107. The van der Waals surface area contributed by atoms with Gasteiger partial charge in [-0.2, -0.15) is 0 Å². The van der Waals surface area contributed by atoms with Crippen LogP contribution in [0.4, 0.5) is 30.6 Å². The first kappa shape index (κ1) is 128. The van der Waals surface area contributed by atoms with Crippen LogP contribution < -0.4 is 32.7 Å². The van der Waals surface area contributed by atoms with Gasteiger partial charge in [-0.05, 0) is 220 Å². The smallest absolute Gasteiger partial charge is 0.410 e. The number of fused-ring (bicyclic) bond motifs is 2. The number of nitrogens with two attached hydrogens (primary N) is 2. The second-order valence-corrected chi connectivity index (χ2v) is 35.8. The first-order valence-electron chi connectivity index (χ1n) is 46.3. The molecule has 12 amide bonds. The number of carbonyl (C=O) groups excluding carboxylic acids is 15. The maximum atomic E-state index is 12.9. The number of carbonyl (C=O) groups is 16. The van der Waals surface area contributed by atoms with Gasteiger partial charge >= 0.3 is 48.3 Å². The summed E-state index contributed by atoms with van der Waals surface area (Å²) in [6, 6.07) is 8.55. The summed E-state index contributed by atoms with van der Waals surface area (Å²) in [5.74, 6) is -4.33. The molecular formula is C89H142BrN27O24. The van der Waals surface area contributed by atoms with Gasteiger partial charge in [-0.3, -0.25) is 68.2 Å². The van der Waals surface area contributed by atoms with Crippen LogP contribution in [0.1, 0.15) is 258 Å². The predicted molar refractivity (Wildman–Crippen MR) is 522 cm³/mol. The summed E-state index contributed by atoms with van der Waals surface area (Å²) in [4.78, 5) is 212. The van der Waals surface area contributed by atoms with Crippen molar-refractivity contribution in [1.82, 2.24) is 40.0 Å². The lowest BCUT2D eigenvalue weighted by Crippen LogP contribution is -2.52. The van der Waals surface area contributed by atoms with E-state index in [4.69, 9.17) is 72.7 Å². The topological polar surface area (TPSA) is 721 Å². The summed E-state index contributed by atoms with van der Waals surface area (Å²) in [7, 11) is 0. The van der Waals surface area contributed by atoms with Crippen LogP contribution in [0.2, 0.25) is 0 Å². The van der Waals surface area contributed by atoms with Crippen LogP contribution in [-0.4, -0.2) is 288 Å². The van der Waals surface area contributed by atoms with Gasteiger partial charge in [-0.1, -0.05) is 66.5 Å². The molecule has 4 aliphatic heterocycles. The van der Waals surface area contributed by atoms with Crippen LogP contribution in [-0.2, 0) is 94.2 Å². The Morgan fingerprint density at radius 2 is 0.738 bits per heavy atom. The molecule has 6 rings (SSSR count). The standard InChI is InChI=1S/C24H31N7O6.C24H33N5O6.C13H24N4O4.C11H20N4O4.C9H17N3O2.C6H11BrO2.C2H6N4/c1-24(2,3)37-23(36)30(13-11-26-29-25)12-5-8-19(32)27-17-7-4-6-15-16(17)14-31(22(15)35)18-9-10-20(33)28-21(18)34;1-24(2,3)35-23(34)28(13-11-25)12-5-8-19(30)26-17-7-4-6-15-16(17)14-29(22(15)33)18-9-10-20(31)27-21(18)32;1-5-20-11(18)7-6-9-17(10-8-15-16-14)12(19)21-13(2,3)4;1-11(2,3)19-10(18)15(8-6-13-14-12)7-4-5-9(16)17;1-2-14-9(13)7-5-3-4-6-8-11-12-10;1-2-9-6(8)4-3-5-7;3-1-2-5-6-4/h4,6-7,18H,5,8-14H2,1-3H3,(H,27,32)(H,28,33,34);4,6-7,18H,5,8-14,25H2,1-3H3,(H,26,30)(H,27,31,32);5-10H2,1-4H3;4-8H2,1-3H3,(H,16,17);2-8H2,1H3;2-5H2,1H3;1-3H2. The van der Waals surface area contributed by atoms with Crippen molar-refractivity contribution in [3.05, 3.63) is 111 Å². The minimum Gasteiger partial charge on any atom is -0.481 e. The Morgan fingerprint density at radius 1 is 0.426 bits per heavy atom. The molecule has 2 unspecified atom stereocenters. The van der Waals surface area contributed by atoms with Crippen LogP contribution >= 0.6 is 15.9 Å². The number of anilines is 2. The zero-order valence-corrected chi connectivity index (χ0v) is 85.3. The van der Waals surface area contributed by atoms with Crippen LogP contribution in [0.15, 0.2) is 62.0 Å². The molecule has 52 heteroatoms. The Labute approximate surface area is 829 Å². The highest BCUT2D eigenvalue weighted by Gasteiger charge is 2.42. The van der Waals surface area contributed by atoms with E-state index in [0.717, 1.165) is 37.4 Å². The molecule has 784 valence electrons. The van der Waals surface area contributed by atoms with Crippen LogP contribution in [0.5, 0.6) is 0 Å². The lowest BCUT2D eigenvalue weighted by Gasteiger charge is -2.29. The van der Waals surface area contributed by atoms with Gasteiger partial charge < -0.3 is 89.8 Å². The Bertz CT molecular complexity index is 4640. The van der Waals surface area contributed by atoms with Crippen molar-refractivity contribution in [3.8, 4) is 0 Å². The SMILES string of the molecule is CC(C)(C)OC(=O)N(CCCC(=O)Nc1cccc2c1CN(C1CCC(=O)NC1=O)C2=O)CCN=[N+]=[N-].CC(C)(C)OC(=O)N(CCCC(=O)O)CCN=[N+]=[N-].CC(C)(C)OC(=O)N(CCN)CCCC(=O)Nc1cccc2c1CN(C1CCC(=O)NC1=O)C2=O.CCOC(=O)CCCBr.CCOC(=O)CCCCCCN=[N+]=[N-].CCOC(=O)CCCN(CCN=[N+]=[N-])C(=O)OC(C)(C)C.[N-]=[N+]=NCCN. The first-order chi connectivity index (χ1) is 66.6. The Hall–Kier alpha value is -13.5. The van der Waals surface area contributed by atoms with Gasteiger partial charge in [0.2, 0.25) is 35.4 Å². The number of nitrogens with zero attached hydrogens (tertiary/aromatic N) is 21. The first-order valence-corrected chi connectivity index (χ1v) is 47.4. The van der Waals surface area contributed by atoms with E-state index in [1.807, 2.05) is 6.92 Å². The fourth-order valence-electron chi connectivity index (χ4n) is 12.7. The fourth-order valence-corrected chi connectivity index (χ4v) is 12.9. The number of benzene rings is 2. The number of hydrogen-bond donors (Lipinski definition) is 7. The van der Waals surface area contributed by atoms with Crippen LogP contribution in [0, 0.1) is 0 Å². The number of hydrogen-bond acceptors (Lipinski definition) is 30. The largest absolute Gasteiger partial charge is 0.481 e. The van der Waals surface area contributed by atoms with E-state index in [2.05, 4.69) is 92.1 Å². The molecule has 0 bridgehead atoms. The number of esters is 3. The van der Waals surface area contributed by atoms with E-state index in [1.54, 1.807) is 133 Å². The maximum absolute atomic E-state index is 12.9. The molecule has 51 nitrogen and oxygen atoms in total. The second kappa shape index (κ2) is 71.0. The molecule has 0 saturated carbocycles. The van der Waals surface area contributed by atoms with Crippen molar-refractivity contribution < 1.29 is 115 Å². The average Bonchev–Trinajstić information content (AvgIpc) is 1.63. The molecule has 4 heterocycles. The van der Waals surface area contributed by atoms with Crippen LogP contribution in [0.3, 0.4) is 0 Å². The monoisotopic (exact) mass is 2050 g/mol. The minimum atomic E-state index is -0.917. The number of azide groups is 5. The molecular weight excluding hydrogens is 1910 g/mol. The number of piperidine rings is 2. The number of amides is 12. The molecule has 0 aliphatic carbocycles. The molecule has 2 aromatic carbocycles. The van der Waals surface area contributed by atoms with Gasteiger partial charge in [-0.25, -0.2) is 19.2 Å². The highest BCUT2D eigenvalue weighted by molar-refractivity contribution is 9.09. The number of aliphatic carboxylic acids is 1.